The molecule has 0 aromatic heterocycles. The number of aliphatic imine (C=N–C) groups is 1. The molecule has 6 heteroatoms. The molecule has 0 heterocycles. The fraction of sp³-hybridized carbons (Fsp3) is 0.367. The molecule has 36 heavy (non-hydrogen) atoms. The number of hydrogen-bond donors (Lipinski definition) is 1. The Balaban J connectivity index is 1.49. The van der Waals surface area contributed by atoms with Gasteiger partial charge in [0.15, 0.2) is 5.17 Å². The smallest absolute Gasteiger partial charge is 0.153 e. The van der Waals surface area contributed by atoms with Crippen LogP contribution >= 0.6 is 11.8 Å². The van der Waals surface area contributed by atoms with E-state index in [0.717, 1.165) is 24.0 Å². The average molecular weight is 505 g/mol. The number of amidine groups is 1. The monoisotopic (exact) mass is 504 g/mol. The van der Waals surface area contributed by atoms with E-state index in [1.165, 1.54) is 5.56 Å². The minimum Gasteiger partial charge on any atom is -0.379 e. The van der Waals surface area contributed by atoms with Crippen LogP contribution in [0, 0.1) is 5.92 Å². The van der Waals surface area contributed by atoms with Crippen molar-refractivity contribution in [3.05, 3.63) is 108 Å². The van der Waals surface area contributed by atoms with Crippen molar-refractivity contribution in [1.82, 2.24) is 0 Å². The third kappa shape index (κ3) is 8.20. The van der Waals surface area contributed by atoms with Crippen molar-refractivity contribution in [2.45, 2.75) is 50.1 Å². The molecule has 1 aliphatic rings. The summed E-state index contributed by atoms with van der Waals surface area (Å²) in [4.78, 5) is 4.18. The Morgan fingerprint density at radius 3 is 1.86 bits per heavy atom. The Hall–Kier alpha value is -2.64. The van der Waals surface area contributed by atoms with Crippen LogP contribution in [-0.2, 0) is 34.0 Å². The lowest BCUT2D eigenvalue weighted by Crippen LogP contribution is -2.47. The molecule has 3 aromatic rings. The quantitative estimate of drug-likeness (QED) is 0.263. The van der Waals surface area contributed by atoms with Crippen LogP contribution in [0.15, 0.2) is 96.0 Å². The molecule has 0 radical (unpaired) electrons. The topological polar surface area (TPSA) is 66.1 Å². The van der Waals surface area contributed by atoms with Crippen LogP contribution in [0.3, 0.4) is 0 Å². The van der Waals surface area contributed by atoms with Gasteiger partial charge in [0.25, 0.3) is 0 Å². The van der Waals surface area contributed by atoms with E-state index in [2.05, 4.69) is 41.4 Å². The van der Waals surface area contributed by atoms with E-state index >= 15 is 0 Å². The summed E-state index contributed by atoms with van der Waals surface area (Å²) in [5.74, 6) is 0.175. The molecule has 0 aliphatic heterocycles. The Morgan fingerprint density at radius 2 is 1.31 bits per heavy atom. The first kappa shape index (κ1) is 26.4. The fourth-order valence-corrected chi connectivity index (χ4v) is 5.68. The Morgan fingerprint density at radius 1 is 0.778 bits per heavy atom. The van der Waals surface area contributed by atoms with Crippen LogP contribution in [0.5, 0.6) is 0 Å². The maximum absolute atomic E-state index is 6.59. The standard InChI is InChI=1S/C30H36N2O3S/c1-32-30(31)36-27-17-26(22-33-19-23-11-5-2-6-12-23)29(35-21-25-15-9-4-10-16-25)28(18-27)34-20-24-13-7-3-8-14-24/h2-16,26-29H,17-22H2,1H3,(H2,31,32). The molecule has 4 atom stereocenters. The third-order valence-corrected chi connectivity index (χ3v) is 7.58. The molecular weight excluding hydrogens is 468 g/mol. The summed E-state index contributed by atoms with van der Waals surface area (Å²) in [7, 11) is 1.74. The highest BCUT2D eigenvalue weighted by atomic mass is 32.2. The summed E-state index contributed by atoms with van der Waals surface area (Å²) in [6.07, 6.45) is 1.62. The molecule has 0 bridgehead atoms. The van der Waals surface area contributed by atoms with Crippen LogP contribution in [0.1, 0.15) is 29.5 Å². The number of thioether (sulfide) groups is 1. The SMILES string of the molecule is CN=C(N)SC1CC(COCc2ccccc2)C(OCc2ccccc2)C(OCc2ccccc2)C1. The lowest BCUT2D eigenvalue weighted by molar-refractivity contribution is -0.139. The number of nitrogens with zero attached hydrogens (tertiary/aromatic N) is 1. The molecule has 1 fully saturated rings. The molecule has 0 amide bonds. The first-order valence-electron chi connectivity index (χ1n) is 12.5. The van der Waals surface area contributed by atoms with Crippen LogP contribution in [0.2, 0.25) is 0 Å². The highest BCUT2D eigenvalue weighted by molar-refractivity contribution is 8.14. The third-order valence-electron chi connectivity index (χ3n) is 6.44. The van der Waals surface area contributed by atoms with Gasteiger partial charge < -0.3 is 19.9 Å². The van der Waals surface area contributed by atoms with Gasteiger partial charge in [-0.25, -0.2) is 0 Å². The van der Waals surface area contributed by atoms with Gasteiger partial charge in [0.2, 0.25) is 0 Å². The van der Waals surface area contributed by atoms with Crippen molar-refractivity contribution in [2.24, 2.45) is 16.6 Å². The normalized spacial score (nSPS) is 22.4. The lowest BCUT2D eigenvalue weighted by Gasteiger charge is -2.41. The molecule has 4 rings (SSSR count). The van der Waals surface area contributed by atoms with Gasteiger partial charge in [0.05, 0.1) is 38.6 Å². The predicted molar refractivity (Wildman–Crippen MR) is 148 cm³/mol. The van der Waals surface area contributed by atoms with E-state index in [0.29, 0.717) is 31.6 Å². The minimum absolute atomic E-state index is 0.0739. The Kier molecular flexibility index (Phi) is 10.4. The summed E-state index contributed by atoms with van der Waals surface area (Å²) in [5.41, 5.74) is 9.59. The highest BCUT2D eigenvalue weighted by Gasteiger charge is 2.40. The van der Waals surface area contributed by atoms with Crippen molar-refractivity contribution < 1.29 is 14.2 Å². The second-order valence-corrected chi connectivity index (χ2v) is 10.5. The van der Waals surface area contributed by atoms with Gasteiger partial charge in [-0.1, -0.05) is 103 Å². The zero-order chi connectivity index (χ0) is 25.0. The summed E-state index contributed by atoms with van der Waals surface area (Å²) in [6, 6.07) is 30.9. The second kappa shape index (κ2) is 14.2. The van der Waals surface area contributed by atoms with Crippen molar-refractivity contribution >= 4 is 16.9 Å². The molecule has 1 aliphatic carbocycles. The van der Waals surface area contributed by atoms with Gasteiger partial charge in [-0.3, -0.25) is 4.99 Å². The van der Waals surface area contributed by atoms with E-state index in [-0.39, 0.29) is 23.4 Å². The first-order valence-corrected chi connectivity index (χ1v) is 13.4. The average Bonchev–Trinajstić information content (AvgIpc) is 2.93. The lowest BCUT2D eigenvalue weighted by atomic mass is 9.84. The predicted octanol–water partition coefficient (Wildman–Crippen LogP) is 5.83. The maximum Gasteiger partial charge on any atom is 0.153 e. The van der Waals surface area contributed by atoms with Crippen molar-refractivity contribution in [3.8, 4) is 0 Å². The Bertz CT molecular complexity index is 1050. The van der Waals surface area contributed by atoms with E-state index < -0.39 is 0 Å². The van der Waals surface area contributed by atoms with Gasteiger partial charge in [-0.05, 0) is 29.5 Å². The molecule has 0 saturated heterocycles. The first-order chi connectivity index (χ1) is 17.7. The number of rotatable bonds is 11. The number of ether oxygens (including phenoxy) is 3. The summed E-state index contributed by atoms with van der Waals surface area (Å²) >= 11 is 1.63. The molecule has 5 nitrogen and oxygen atoms in total. The number of hydrogen-bond acceptors (Lipinski definition) is 5. The molecule has 0 spiro atoms. The Labute approximate surface area is 219 Å². The van der Waals surface area contributed by atoms with Crippen LogP contribution in [0.4, 0.5) is 0 Å². The van der Waals surface area contributed by atoms with Gasteiger partial charge in [-0.2, -0.15) is 0 Å². The minimum atomic E-state index is -0.0821. The molecule has 1 saturated carbocycles. The van der Waals surface area contributed by atoms with Crippen LogP contribution in [0.25, 0.3) is 0 Å². The van der Waals surface area contributed by atoms with Gasteiger partial charge >= 0.3 is 0 Å². The van der Waals surface area contributed by atoms with Crippen molar-refractivity contribution in [1.29, 1.82) is 0 Å². The molecule has 190 valence electrons. The van der Waals surface area contributed by atoms with E-state index in [1.54, 1.807) is 18.8 Å². The van der Waals surface area contributed by atoms with E-state index in [1.807, 2.05) is 54.6 Å². The van der Waals surface area contributed by atoms with Crippen LogP contribution in [-0.4, -0.2) is 36.3 Å². The highest BCUT2D eigenvalue weighted by Crippen LogP contribution is 2.37. The molecule has 2 N–H and O–H groups in total. The maximum atomic E-state index is 6.59. The largest absolute Gasteiger partial charge is 0.379 e. The van der Waals surface area contributed by atoms with Crippen molar-refractivity contribution in [3.63, 3.8) is 0 Å². The fourth-order valence-electron chi connectivity index (χ4n) is 4.60. The molecule has 4 unspecified atom stereocenters. The molecule has 3 aromatic carbocycles. The summed E-state index contributed by atoms with van der Waals surface area (Å²) in [5, 5.41) is 0.894. The zero-order valence-electron chi connectivity index (χ0n) is 20.9. The van der Waals surface area contributed by atoms with Crippen molar-refractivity contribution in [2.75, 3.05) is 13.7 Å². The summed E-state index contributed by atoms with van der Waals surface area (Å²) < 4.78 is 19.4. The zero-order valence-corrected chi connectivity index (χ0v) is 21.7. The number of nitrogens with two attached hydrogens (primary N) is 1. The van der Waals surface area contributed by atoms with E-state index in [9.17, 15) is 0 Å². The van der Waals surface area contributed by atoms with Crippen LogP contribution < -0.4 is 5.73 Å². The molecular formula is C30H36N2O3S. The second-order valence-electron chi connectivity index (χ2n) is 9.13. The summed E-state index contributed by atoms with van der Waals surface area (Å²) in [6.45, 7) is 2.26. The van der Waals surface area contributed by atoms with Gasteiger partial charge in [-0.15, -0.1) is 0 Å². The number of benzene rings is 3. The van der Waals surface area contributed by atoms with E-state index in [4.69, 9.17) is 19.9 Å². The van der Waals surface area contributed by atoms with Gasteiger partial charge in [0, 0.05) is 18.2 Å². The van der Waals surface area contributed by atoms with Gasteiger partial charge in [0.1, 0.15) is 0 Å².